The summed E-state index contributed by atoms with van der Waals surface area (Å²) >= 11 is 0. The number of carbonyl (C=O) groups is 1. The van der Waals surface area contributed by atoms with Gasteiger partial charge in [-0.05, 0) is 25.0 Å². The van der Waals surface area contributed by atoms with Crippen molar-refractivity contribution in [1.82, 2.24) is 4.31 Å². The molecule has 1 atom stereocenters. The van der Waals surface area contributed by atoms with E-state index in [1.165, 1.54) is 18.4 Å². The zero-order valence-electron chi connectivity index (χ0n) is 8.37. The van der Waals surface area contributed by atoms with E-state index in [-0.39, 0.29) is 11.6 Å². The third-order valence-electron chi connectivity index (χ3n) is 2.55. The number of furan rings is 1. The first-order valence-electron chi connectivity index (χ1n) is 4.81. The summed E-state index contributed by atoms with van der Waals surface area (Å²) in [6.45, 7) is 0.222. The maximum atomic E-state index is 12.0. The van der Waals surface area contributed by atoms with Gasteiger partial charge in [-0.1, -0.05) is 0 Å². The van der Waals surface area contributed by atoms with Gasteiger partial charge < -0.3 is 9.52 Å². The first kappa shape index (κ1) is 11.2. The maximum Gasteiger partial charge on any atom is 0.322 e. The standard InChI is InChI=1S/C9H11NO5S/c11-9(12)7-3-1-5-10(7)16(13,14)8-4-2-6-15-8/h2,4,6-7H,1,3,5H2,(H,11,12)/t7-/m0/s1. The van der Waals surface area contributed by atoms with Crippen molar-refractivity contribution in [1.29, 1.82) is 0 Å². The van der Waals surface area contributed by atoms with Gasteiger partial charge in [0.2, 0.25) is 5.09 Å². The molecule has 6 nitrogen and oxygen atoms in total. The third-order valence-corrected chi connectivity index (χ3v) is 4.34. The lowest BCUT2D eigenvalue weighted by Gasteiger charge is -2.19. The van der Waals surface area contributed by atoms with E-state index in [1.54, 1.807) is 0 Å². The average molecular weight is 245 g/mol. The second kappa shape index (κ2) is 3.91. The normalized spacial score (nSPS) is 22.4. The summed E-state index contributed by atoms with van der Waals surface area (Å²) in [4.78, 5) is 10.9. The summed E-state index contributed by atoms with van der Waals surface area (Å²) in [6, 6.07) is 1.79. The van der Waals surface area contributed by atoms with Gasteiger partial charge in [0.05, 0.1) is 6.26 Å². The molecule has 0 aromatic carbocycles. The van der Waals surface area contributed by atoms with Crippen molar-refractivity contribution in [2.45, 2.75) is 24.0 Å². The fourth-order valence-electron chi connectivity index (χ4n) is 1.80. The predicted octanol–water partition coefficient (Wildman–Crippen LogP) is 0.517. The van der Waals surface area contributed by atoms with Crippen LogP contribution in [0.15, 0.2) is 27.9 Å². The molecule has 1 aromatic rings. The number of carboxylic acids is 1. The monoisotopic (exact) mass is 245 g/mol. The van der Waals surface area contributed by atoms with Crippen LogP contribution in [0.1, 0.15) is 12.8 Å². The highest BCUT2D eigenvalue weighted by Crippen LogP contribution is 2.26. The van der Waals surface area contributed by atoms with E-state index in [2.05, 4.69) is 0 Å². The molecule has 88 valence electrons. The minimum atomic E-state index is -3.80. The van der Waals surface area contributed by atoms with Crippen molar-refractivity contribution in [3.05, 3.63) is 18.4 Å². The third kappa shape index (κ3) is 1.72. The van der Waals surface area contributed by atoms with Crippen LogP contribution in [-0.2, 0) is 14.8 Å². The highest BCUT2D eigenvalue weighted by molar-refractivity contribution is 7.89. The van der Waals surface area contributed by atoms with Gasteiger partial charge >= 0.3 is 5.97 Å². The molecular weight excluding hydrogens is 234 g/mol. The van der Waals surface area contributed by atoms with Crippen LogP contribution in [0.3, 0.4) is 0 Å². The van der Waals surface area contributed by atoms with E-state index in [4.69, 9.17) is 9.52 Å². The molecule has 0 amide bonds. The van der Waals surface area contributed by atoms with Crippen LogP contribution in [0.25, 0.3) is 0 Å². The quantitative estimate of drug-likeness (QED) is 0.838. The number of hydrogen-bond acceptors (Lipinski definition) is 4. The fourth-order valence-corrected chi connectivity index (χ4v) is 3.36. The van der Waals surface area contributed by atoms with Crippen LogP contribution in [0.2, 0.25) is 0 Å². The molecular formula is C9H11NO5S. The van der Waals surface area contributed by atoms with Crippen LogP contribution in [0.5, 0.6) is 0 Å². The van der Waals surface area contributed by atoms with Crippen molar-refractivity contribution in [2.75, 3.05) is 6.54 Å². The molecule has 0 radical (unpaired) electrons. The van der Waals surface area contributed by atoms with Crippen LogP contribution in [0.4, 0.5) is 0 Å². The molecule has 1 saturated heterocycles. The topological polar surface area (TPSA) is 87.8 Å². The lowest BCUT2D eigenvalue weighted by molar-refractivity contribution is -0.140. The number of aliphatic carboxylic acids is 1. The van der Waals surface area contributed by atoms with Gasteiger partial charge in [-0.25, -0.2) is 8.42 Å². The number of sulfonamides is 1. The van der Waals surface area contributed by atoms with Gasteiger partial charge in [0.25, 0.3) is 10.0 Å². The van der Waals surface area contributed by atoms with Crippen molar-refractivity contribution in [2.24, 2.45) is 0 Å². The SMILES string of the molecule is O=C(O)[C@@H]1CCCN1S(=O)(=O)c1ccco1. The zero-order valence-corrected chi connectivity index (χ0v) is 9.18. The van der Waals surface area contributed by atoms with Gasteiger partial charge in [0.15, 0.2) is 0 Å². The summed E-state index contributed by atoms with van der Waals surface area (Å²) < 4.78 is 29.8. The van der Waals surface area contributed by atoms with Crippen LogP contribution in [-0.4, -0.2) is 36.4 Å². The largest absolute Gasteiger partial charge is 0.480 e. The molecule has 0 spiro atoms. The highest BCUT2D eigenvalue weighted by Gasteiger charge is 2.40. The van der Waals surface area contributed by atoms with Crippen LogP contribution >= 0.6 is 0 Å². The van der Waals surface area contributed by atoms with Gasteiger partial charge in [-0.3, -0.25) is 4.79 Å². The van der Waals surface area contributed by atoms with E-state index in [1.807, 2.05) is 0 Å². The average Bonchev–Trinajstić information content (AvgIpc) is 2.89. The number of nitrogens with zero attached hydrogens (tertiary/aromatic N) is 1. The Morgan fingerprint density at radius 2 is 2.31 bits per heavy atom. The molecule has 0 aliphatic carbocycles. The Labute approximate surface area is 92.5 Å². The van der Waals surface area contributed by atoms with Gasteiger partial charge in [0.1, 0.15) is 6.04 Å². The fraction of sp³-hybridized carbons (Fsp3) is 0.444. The molecule has 1 aromatic heterocycles. The van der Waals surface area contributed by atoms with Crippen molar-refractivity contribution < 1.29 is 22.7 Å². The number of hydrogen-bond donors (Lipinski definition) is 1. The van der Waals surface area contributed by atoms with Crippen molar-refractivity contribution in [3.8, 4) is 0 Å². The maximum absolute atomic E-state index is 12.0. The first-order chi connectivity index (χ1) is 7.53. The highest BCUT2D eigenvalue weighted by atomic mass is 32.2. The van der Waals surface area contributed by atoms with E-state index in [9.17, 15) is 13.2 Å². The van der Waals surface area contributed by atoms with Crippen LogP contribution < -0.4 is 0 Å². The first-order valence-corrected chi connectivity index (χ1v) is 6.25. The second-order valence-corrected chi connectivity index (χ2v) is 5.37. The number of carboxylic acid groups (broad SMARTS) is 1. The Morgan fingerprint density at radius 1 is 1.56 bits per heavy atom. The van der Waals surface area contributed by atoms with E-state index >= 15 is 0 Å². The van der Waals surface area contributed by atoms with E-state index in [0.29, 0.717) is 12.8 Å². The lowest BCUT2D eigenvalue weighted by Crippen LogP contribution is -2.40. The van der Waals surface area contributed by atoms with Crippen LogP contribution in [0, 0.1) is 0 Å². The Bertz CT molecular complexity index is 478. The smallest absolute Gasteiger partial charge is 0.322 e. The molecule has 1 fully saturated rings. The van der Waals surface area contributed by atoms with E-state index < -0.39 is 22.0 Å². The minimum absolute atomic E-state index is 0.208. The molecule has 0 unspecified atom stereocenters. The van der Waals surface area contributed by atoms with Gasteiger partial charge in [-0.15, -0.1) is 0 Å². The molecule has 2 rings (SSSR count). The molecule has 2 heterocycles. The Balaban J connectivity index is 2.34. The van der Waals surface area contributed by atoms with Gasteiger partial charge in [0, 0.05) is 6.54 Å². The molecule has 1 aliphatic rings. The summed E-state index contributed by atoms with van der Waals surface area (Å²) in [5.41, 5.74) is 0. The second-order valence-electron chi connectivity index (χ2n) is 3.54. The van der Waals surface area contributed by atoms with Crippen molar-refractivity contribution in [3.63, 3.8) is 0 Å². The lowest BCUT2D eigenvalue weighted by atomic mass is 10.2. The molecule has 0 saturated carbocycles. The zero-order chi connectivity index (χ0) is 11.8. The summed E-state index contributed by atoms with van der Waals surface area (Å²) in [7, 11) is -3.80. The molecule has 1 aliphatic heterocycles. The van der Waals surface area contributed by atoms with E-state index in [0.717, 1.165) is 4.31 Å². The van der Waals surface area contributed by atoms with Crippen molar-refractivity contribution >= 4 is 16.0 Å². The molecule has 16 heavy (non-hydrogen) atoms. The summed E-state index contributed by atoms with van der Waals surface area (Å²) in [5, 5.41) is 8.70. The Morgan fingerprint density at radius 3 is 2.88 bits per heavy atom. The summed E-state index contributed by atoms with van der Waals surface area (Å²) in [5.74, 6) is -1.12. The van der Waals surface area contributed by atoms with Gasteiger partial charge in [-0.2, -0.15) is 4.31 Å². The molecule has 0 bridgehead atoms. The molecule has 7 heteroatoms. The Hall–Kier alpha value is -1.34. The summed E-state index contributed by atoms with van der Waals surface area (Å²) in [6.07, 6.45) is 2.14. The predicted molar refractivity (Wildman–Crippen MR) is 53.3 cm³/mol. The number of rotatable bonds is 3. The Kier molecular flexibility index (Phi) is 2.73. The minimum Gasteiger partial charge on any atom is -0.480 e. The molecule has 1 N–H and O–H groups in total.